The number of aldehydes is 1. The lowest BCUT2D eigenvalue weighted by Crippen LogP contribution is -2.32. The van der Waals surface area contributed by atoms with Crippen molar-refractivity contribution in [2.24, 2.45) is 17.3 Å². The van der Waals surface area contributed by atoms with E-state index in [2.05, 4.69) is 45.9 Å². The molecule has 0 aromatic heterocycles. The van der Waals surface area contributed by atoms with Crippen LogP contribution in [-0.4, -0.2) is 6.29 Å². The Morgan fingerprint density at radius 3 is 2.38 bits per heavy atom. The second kappa shape index (κ2) is 8.17. The Morgan fingerprint density at radius 2 is 1.76 bits per heavy atom. The summed E-state index contributed by atoms with van der Waals surface area (Å²) in [7, 11) is 0. The van der Waals surface area contributed by atoms with E-state index in [1.807, 2.05) is 19.1 Å². The van der Waals surface area contributed by atoms with Crippen molar-refractivity contribution < 1.29 is 4.79 Å². The van der Waals surface area contributed by atoms with Crippen molar-refractivity contribution in [3.05, 3.63) is 47.6 Å². The fourth-order valence-corrected chi connectivity index (χ4v) is 3.27. The molecule has 0 unspecified atom stereocenters. The Bertz CT molecular complexity index is 460. The summed E-state index contributed by atoms with van der Waals surface area (Å²) in [5.41, 5.74) is 2.63. The molecule has 0 aromatic carbocycles. The maximum atomic E-state index is 10.3. The first kappa shape index (κ1) is 17.7. The smallest absolute Gasteiger partial charge is 0.143 e. The van der Waals surface area contributed by atoms with Crippen LogP contribution in [0.4, 0.5) is 0 Å². The van der Waals surface area contributed by atoms with Crippen LogP contribution >= 0.6 is 0 Å². The van der Waals surface area contributed by atoms with Crippen LogP contribution in [0.5, 0.6) is 0 Å². The molecule has 2 atom stereocenters. The molecule has 0 heterocycles. The van der Waals surface area contributed by atoms with Gasteiger partial charge in [-0.05, 0) is 49.2 Å². The predicted octanol–water partition coefficient (Wildman–Crippen LogP) is 5.65. The molecule has 21 heavy (non-hydrogen) atoms. The van der Waals surface area contributed by atoms with E-state index in [-0.39, 0.29) is 0 Å². The zero-order valence-electron chi connectivity index (χ0n) is 14.2. The lowest BCUT2D eigenvalue weighted by molar-refractivity contribution is -0.104. The van der Waals surface area contributed by atoms with Crippen LogP contribution in [0.15, 0.2) is 47.6 Å². The van der Waals surface area contributed by atoms with E-state index >= 15 is 0 Å². The van der Waals surface area contributed by atoms with Crippen LogP contribution < -0.4 is 0 Å². The van der Waals surface area contributed by atoms with E-state index in [1.54, 1.807) is 6.08 Å². The topological polar surface area (TPSA) is 17.1 Å². The number of rotatable bonds is 5. The summed E-state index contributed by atoms with van der Waals surface area (Å²) in [6, 6.07) is 0. The SMILES string of the molecule is CC(/C=C/C=C(C)/C=C/[C@H]1[C@@H](C)CCCC1(C)C)=C\C=O. The summed E-state index contributed by atoms with van der Waals surface area (Å²) in [5.74, 6) is 1.43. The van der Waals surface area contributed by atoms with Crippen molar-refractivity contribution >= 4 is 6.29 Å². The summed E-state index contributed by atoms with van der Waals surface area (Å²) >= 11 is 0. The van der Waals surface area contributed by atoms with Gasteiger partial charge in [0.15, 0.2) is 0 Å². The standard InChI is InChI=1S/C20H30O/c1-16(8-6-9-17(2)13-15-21)11-12-19-18(3)10-7-14-20(19,4)5/h6,8-9,11-13,15,18-19H,7,10,14H2,1-5H3/b9-6+,12-11+,16-8+,17-13+/t18-,19-/m0/s1. The van der Waals surface area contributed by atoms with Crippen molar-refractivity contribution in [3.8, 4) is 0 Å². The molecule has 0 radical (unpaired) electrons. The molecule has 1 heteroatoms. The minimum atomic E-state index is 0.410. The fourth-order valence-electron chi connectivity index (χ4n) is 3.27. The Balaban J connectivity index is 2.70. The molecule has 0 N–H and O–H groups in total. The summed E-state index contributed by atoms with van der Waals surface area (Å²) < 4.78 is 0. The maximum Gasteiger partial charge on any atom is 0.143 e. The van der Waals surface area contributed by atoms with E-state index in [0.717, 1.165) is 17.8 Å². The Hall–Kier alpha value is -1.37. The molecule has 1 saturated carbocycles. The van der Waals surface area contributed by atoms with Crippen LogP contribution in [0.3, 0.4) is 0 Å². The number of hydrogen-bond donors (Lipinski definition) is 0. The third-order valence-electron chi connectivity index (χ3n) is 4.61. The highest BCUT2D eigenvalue weighted by molar-refractivity contribution is 5.66. The predicted molar refractivity (Wildman–Crippen MR) is 92.1 cm³/mol. The van der Waals surface area contributed by atoms with E-state index in [0.29, 0.717) is 11.3 Å². The van der Waals surface area contributed by atoms with Gasteiger partial charge >= 0.3 is 0 Å². The largest absolute Gasteiger partial charge is 0.299 e. The molecule has 0 aromatic rings. The molecular formula is C20H30O. The number of carbonyl (C=O) groups is 1. The molecule has 0 spiro atoms. The number of allylic oxidation sites excluding steroid dienone is 8. The van der Waals surface area contributed by atoms with Crippen molar-refractivity contribution in [3.63, 3.8) is 0 Å². The summed E-state index contributed by atoms with van der Waals surface area (Å²) in [4.78, 5) is 10.3. The third kappa shape index (κ3) is 5.87. The van der Waals surface area contributed by atoms with Gasteiger partial charge in [-0.15, -0.1) is 0 Å². The van der Waals surface area contributed by atoms with Crippen LogP contribution in [0, 0.1) is 17.3 Å². The zero-order chi connectivity index (χ0) is 15.9. The van der Waals surface area contributed by atoms with Crippen LogP contribution in [0.2, 0.25) is 0 Å². The average molecular weight is 286 g/mol. The summed E-state index contributed by atoms with van der Waals surface area (Å²) in [5, 5.41) is 0. The molecule has 1 aliphatic carbocycles. The maximum absolute atomic E-state index is 10.3. The van der Waals surface area contributed by atoms with E-state index in [1.165, 1.54) is 24.8 Å². The van der Waals surface area contributed by atoms with Crippen LogP contribution in [-0.2, 0) is 4.79 Å². The Morgan fingerprint density at radius 1 is 1.10 bits per heavy atom. The van der Waals surface area contributed by atoms with Gasteiger partial charge in [0, 0.05) is 0 Å². The molecule has 0 amide bonds. The highest BCUT2D eigenvalue weighted by atomic mass is 16.1. The molecule has 1 fully saturated rings. The van der Waals surface area contributed by atoms with Gasteiger partial charge in [0.25, 0.3) is 0 Å². The van der Waals surface area contributed by atoms with Crippen LogP contribution in [0.1, 0.15) is 53.9 Å². The summed E-state index contributed by atoms with van der Waals surface area (Å²) in [6.07, 6.45) is 17.1. The van der Waals surface area contributed by atoms with Gasteiger partial charge in [-0.2, -0.15) is 0 Å². The lowest BCUT2D eigenvalue weighted by Gasteiger charge is -2.41. The van der Waals surface area contributed by atoms with E-state index in [9.17, 15) is 4.79 Å². The van der Waals surface area contributed by atoms with Gasteiger partial charge in [0.05, 0.1) is 0 Å². The molecule has 1 nitrogen and oxygen atoms in total. The normalized spacial score (nSPS) is 27.5. The first-order chi connectivity index (χ1) is 9.86. The van der Waals surface area contributed by atoms with Gasteiger partial charge in [0.1, 0.15) is 6.29 Å². The van der Waals surface area contributed by atoms with Crippen molar-refractivity contribution in [1.29, 1.82) is 0 Å². The number of carbonyl (C=O) groups excluding carboxylic acids is 1. The van der Waals surface area contributed by atoms with Crippen molar-refractivity contribution in [2.75, 3.05) is 0 Å². The van der Waals surface area contributed by atoms with Gasteiger partial charge in [-0.25, -0.2) is 0 Å². The molecule has 116 valence electrons. The fraction of sp³-hybridized carbons (Fsp3) is 0.550. The van der Waals surface area contributed by atoms with Crippen molar-refractivity contribution in [2.45, 2.75) is 53.9 Å². The molecule has 0 aliphatic heterocycles. The van der Waals surface area contributed by atoms with E-state index in [4.69, 9.17) is 0 Å². The minimum Gasteiger partial charge on any atom is -0.299 e. The molecular weight excluding hydrogens is 256 g/mol. The Labute approximate surface area is 130 Å². The highest BCUT2D eigenvalue weighted by Crippen LogP contribution is 2.44. The molecule has 0 saturated heterocycles. The van der Waals surface area contributed by atoms with Gasteiger partial charge < -0.3 is 0 Å². The zero-order valence-corrected chi connectivity index (χ0v) is 14.2. The summed E-state index contributed by atoms with van der Waals surface area (Å²) in [6.45, 7) is 11.2. The van der Waals surface area contributed by atoms with E-state index < -0.39 is 0 Å². The third-order valence-corrected chi connectivity index (χ3v) is 4.61. The van der Waals surface area contributed by atoms with Gasteiger partial charge in [-0.3, -0.25) is 4.79 Å². The molecule has 1 rings (SSSR count). The van der Waals surface area contributed by atoms with Crippen LogP contribution in [0.25, 0.3) is 0 Å². The lowest BCUT2D eigenvalue weighted by atomic mass is 9.64. The second-order valence-corrected chi connectivity index (χ2v) is 7.06. The monoisotopic (exact) mass is 286 g/mol. The number of hydrogen-bond acceptors (Lipinski definition) is 1. The molecule has 0 bridgehead atoms. The molecule has 1 aliphatic rings. The second-order valence-electron chi connectivity index (χ2n) is 7.06. The van der Waals surface area contributed by atoms with Gasteiger partial charge in [-0.1, -0.05) is 69.6 Å². The first-order valence-corrected chi connectivity index (χ1v) is 8.02. The minimum absolute atomic E-state index is 0.410. The van der Waals surface area contributed by atoms with Crippen molar-refractivity contribution in [1.82, 2.24) is 0 Å². The quantitative estimate of drug-likeness (QED) is 0.362. The Kier molecular flexibility index (Phi) is 6.87. The van der Waals surface area contributed by atoms with Gasteiger partial charge in [0.2, 0.25) is 0 Å². The highest BCUT2D eigenvalue weighted by Gasteiger charge is 2.34. The first-order valence-electron chi connectivity index (χ1n) is 8.02. The average Bonchev–Trinajstić information content (AvgIpc) is 2.37.